The van der Waals surface area contributed by atoms with Gasteiger partial charge < -0.3 is 20.3 Å². The molecule has 1 atom stereocenters. The standard InChI is InChI=1S/C21H31N3O4/c1-5-28-12-8-11-22-20(27)16-9-6-7-10-17(16)23-19(26)15-13-18(25)24(14-15)21(2,3)4/h6-7,9-10,15H,5,8,11-14H2,1-4H3,(H,22,27)(H,23,26). The van der Waals surface area contributed by atoms with Crippen LogP contribution < -0.4 is 10.6 Å². The SMILES string of the molecule is CCOCCCNC(=O)c1ccccc1NC(=O)C1CC(=O)N(C(C)(C)C)C1. The molecule has 2 rings (SSSR count). The van der Waals surface area contributed by atoms with Crippen molar-refractivity contribution in [3.8, 4) is 0 Å². The molecule has 3 amide bonds. The lowest BCUT2D eigenvalue weighted by Gasteiger charge is -2.31. The highest BCUT2D eigenvalue weighted by Gasteiger charge is 2.39. The molecule has 1 aromatic rings. The van der Waals surface area contributed by atoms with Crippen LogP contribution in [-0.2, 0) is 14.3 Å². The smallest absolute Gasteiger partial charge is 0.253 e. The Hall–Kier alpha value is -2.41. The zero-order chi connectivity index (χ0) is 20.7. The number of hydrogen-bond acceptors (Lipinski definition) is 4. The van der Waals surface area contributed by atoms with Crippen molar-refractivity contribution >= 4 is 23.4 Å². The van der Waals surface area contributed by atoms with E-state index in [0.29, 0.717) is 37.6 Å². The van der Waals surface area contributed by atoms with Crippen molar-refractivity contribution in [2.75, 3.05) is 31.6 Å². The number of anilines is 1. The van der Waals surface area contributed by atoms with Gasteiger partial charge in [-0.1, -0.05) is 12.1 Å². The Morgan fingerprint density at radius 3 is 2.61 bits per heavy atom. The summed E-state index contributed by atoms with van der Waals surface area (Å²) in [6, 6.07) is 6.90. The van der Waals surface area contributed by atoms with E-state index in [4.69, 9.17) is 4.74 Å². The van der Waals surface area contributed by atoms with Crippen LogP contribution in [0.2, 0.25) is 0 Å². The summed E-state index contributed by atoms with van der Waals surface area (Å²) in [5.74, 6) is -0.926. The third-order valence-electron chi connectivity index (χ3n) is 4.69. The Bertz CT molecular complexity index is 712. The molecule has 0 aromatic heterocycles. The molecule has 1 heterocycles. The fourth-order valence-electron chi connectivity index (χ4n) is 3.17. The predicted molar refractivity (Wildman–Crippen MR) is 108 cm³/mol. The number of amides is 3. The second-order valence-corrected chi connectivity index (χ2v) is 7.92. The fraction of sp³-hybridized carbons (Fsp3) is 0.571. The number of likely N-dealkylation sites (tertiary alicyclic amines) is 1. The lowest BCUT2D eigenvalue weighted by molar-refractivity contribution is -0.131. The minimum Gasteiger partial charge on any atom is -0.382 e. The first-order valence-corrected chi connectivity index (χ1v) is 9.80. The van der Waals surface area contributed by atoms with Crippen LogP contribution in [0.5, 0.6) is 0 Å². The van der Waals surface area contributed by atoms with Crippen LogP contribution in [-0.4, -0.2) is 54.5 Å². The Kier molecular flexibility index (Phi) is 7.57. The molecule has 1 aliphatic rings. The molecule has 0 saturated carbocycles. The van der Waals surface area contributed by atoms with Crippen molar-refractivity contribution < 1.29 is 19.1 Å². The van der Waals surface area contributed by atoms with E-state index in [-0.39, 0.29) is 29.7 Å². The molecule has 28 heavy (non-hydrogen) atoms. The average Bonchev–Trinajstić information content (AvgIpc) is 3.04. The van der Waals surface area contributed by atoms with Crippen molar-refractivity contribution in [1.82, 2.24) is 10.2 Å². The fourth-order valence-corrected chi connectivity index (χ4v) is 3.17. The minimum atomic E-state index is -0.422. The molecule has 1 aliphatic heterocycles. The molecule has 154 valence electrons. The third kappa shape index (κ3) is 5.79. The van der Waals surface area contributed by atoms with E-state index in [1.165, 1.54) is 0 Å². The van der Waals surface area contributed by atoms with E-state index in [1.54, 1.807) is 29.2 Å². The molecule has 0 aliphatic carbocycles. The van der Waals surface area contributed by atoms with E-state index in [9.17, 15) is 14.4 Å². The van der Waals surface area contributed by atoms with E-state index in [2.05, 4.69) is 10.6 Å². The molecule has 1 saturated heterocycles. The van der Waals surface area contributed by atoms with Gasteiger partial charge in [-0.25, -0.2) is 0 Å². The highest BCUT2D eigenvalue weighted by atomic mass is 16.5. The van der Waals surface area contributed by atoms with Gasteiger partial charge in [-0.15, -0.1) is 0 Å². The summed E-state index contributed by atoms with van der Waals surface area (Å²) in [4.78, 5) is 39.1. The van der Waals surface area contributed by atoms with Gasteiger partial charge in [0.1, 0.15) is 0 Å². The molecule has 0 radical (unpaired) electrons. The summed E-state index contributed by atoms with van der Waals surface area (Å²) in [6.07, 6.45) is 0.913. The molecule has 1 aromatic carbocycles. The quantitative estimate of drug-likeness (QED) is 0.669. The van der Waals surface area contributed by atoms with Crippen LogP contribution in [0.3, 0.4) is 0 Å². The van der Waals surface area contributed by atoms with Gasteiger partial charge in [-0.3, -0.25) is 14.4 Å². The summed E-state index contributed by atoms with van der Waals surface area (Å²) >= 11 is 0. The average molecular weight is 389 g/mol. The van der Waals surface area contributed by atoms with E-state index >= 15 is 0 Å². The first-order chi connectivity index (χ1) is 13.2. The molecular formula is C21H31N3O4. The van der Waals surface area contributed by atoms with Gasteiger partial charge in [0, 0.05) is 38.3 Å². The van der Waals surface area contributed by atoms with Gasteiger partial charge in [0.25, 0.3) is 5.91 Å². The van der Waals surface area contributed by atoms with Crippen LogP contribution in [0.25, 0.3) is 0 Å². The predicted octanol–water partition coefficient (Wildman–Crippen LogP) is 2.43. The van der Waals surface area contributed by atoms with Crippen molar-refractivity contribution in [1.29, 1.82) is 0 Å². The van der Waals surface area contributed by atoms with Crippen LogP contribution in [0.15, 0.2) is 24.3 Å². The number of ether oxygens (including phenoxy) is 1. The van der Waals surface area contributed by atoms with Crippen molar-refractivity contribution in [3.05, 3.63) is 29.8 Å². The Morgan fingerprint density at radius 1 is 1.25 bits per heavy atom. The van der Waals surface area contributed by atoms with E-state index in [1.807, 2.05) is 27.7 Å². The van der Waals surface area contributed by atoms with E-state index in [0.717, 1.165) is 6.42 Å². The monoisotopic (exact) mass is 389 g/mol. The Labute approximate surface area is 166 Å². The van der Waals surface area contributed by atoms with Crippen molar-refractivity contribution in [2.24, 2.45) is 5.92 Å². The lowest BCUT2D eigenvalue weighted by Crippen LogP contribution is -2.42. The lowest BCUT2D eigenvalue weighted by atomic mass is 10.1. The molecule has 7 heteroatoms. The second-order valence-electron chi connectivity index (χ2n) is 7.92. The number of benzene rings is 1. The number of hydrogen-bond donors (Lipinski definition) is 2. The topological polar surface area (TPSA) is 87.7 Å². The molecule has 1 unspecified atom stereocenters. The molecule has 0 bridgehead atoms. The second kappa shape index (κ2) is 9.68. The molecule has 1 fully saturated rings. The van der Waals surface area contributed by atoms with Gasteiger partial charge >= 0.3 is 0 Å². The number of nitrogens with zero attached hydrogens (tertiary/aromatic N) is 1. The Morgan fingerprint density at radius 2 is 1.96 bits per heavy atom. The highest BCUT2D eigenvalue weighted by molar-refractivity contribution is 6.05. The number of carbonyl (C=O) groups excluding carboxylic acids is 3. The number of nitrogens with one attached hydrogen (secondary N) is 2. The van der Waals surface area contributed by atoms with Crippen molar-refractivity contribution in [3.63, 3.8) is 0 Å². The maximum Gasteiger partial charge on any atom is 0.253 e. The van der Waals surface area contributed by atoms with Gasteiger partial charge in [0.05, 0.1) is 17.2 Å². The van der Waals surface area contributed by atoms with E-state index < -0.39 is 5.92 Å². The number of carbonyl (C=O) groups is 3. The minimum absolute atomic E-state index is 0.0204. The summed E-state index contributed by atoms with van der Waals surface area (Å²) < 4.78 is 5.26. The van der Waals surface area contributed by atoms with Crippen LogP contribution in [0.1, 0.15) is 50.9 Å². The first kappa shape index (κ1) is 21.9. The summed E-state index contributed by atoms with van der Waals surface area (Å²) in [7, 11) is 0. The maximum absolute atomic E-state index is 12.7. The van der Waals surface area contributed by atoms with Gasteiger partial charge in [0.2, 0.25) is 11.8 Å². The van der Waals surface area contributed by atoms with Crippen molar-refractivity contribution in [2.45, 2.75) is 46.1 Å². The number of para-hydroxylation sites is 1. The first-order valence-electron chi connectivity index (χ1n) is 9.80. The summed E-state index contributed by atoms with van der Waals surface area (Å²) in [5.41, 5.74) is 0.548. The van der Waals surface area contributed by atoms with Gasteiger partial charge in [0.15, 0.2) is 0 Å². The molecule has 7 nitrogen and oxygen atoms in total. The normalized spacial score (nSPS) is 16.9. The summed E-state index contributed by atoms with van der Waals surface area (Å²) in [5, 5.41) is 5.68. The van der Waals surface area contributed by atoms with Crippen LogP contribution in [0, 0.1) is 5.92 Å². The third-order valence-corrected chi connectivity index (χ3v) is 4.69. The van der Waals surface area contributed by atoms with Crippen LogP contribution in [0.4, 0.5) is 5.69 Å². The Balaban J connectivity index is 1.98. The number of rotatable bonds is 8. The molecule has 2 N–H and O–H groups in total. The van der Waals surface area contributed by atoms with Gasteiger partial charge in [-0.2, -0.15) is 0 Å². The highest BCUT2D eigenvalue weighted by Crippen LogP contribution is 2.27. The zero-order valence-corrected chi connectivity index (χ0v) is 17.2. The zero-order valence-electron chi connectivity index (χ0n) is 17.2. The largest absolute Gasteiger partial charge is 0.382 e. The molecular weight excluding hydrogens is 358 g/mol. The maximum atomic E-state index is 12.7. The summed E-state index contributed by atoms with van der Waals surface area (Å²) in [6.45, 7) is 9.92. The van der Waals surface area contributed by atoms with Gasteiger partial charge in [-0.05, 0) is 46.2 Å². The molecule has 0 spiro atoms. The van der Waals surface area contributed by atoms with Crippen LogP contribution >= 0.6 is 0 Å².